The second kappa shape index (κ2) is 6.33. The van der Waals surface area contributed by atoms with Crippen molar-refractivity contribution in [3.8, 4) is 5.75 Å². The average molecular weight is 391 g/mol. The van der Waals surface area contributed by atoms with E-state index in [0.717, 1.165) is 43.4 Å². The number of hydrogen-bond acceptors (Lipinski definition) is 3. The maximum absolute atomic E-state index is 14.0. The minimum Gasteiger partial charge on any atom is -0.462 e. The second-order valence-corrected chi connectivity index (χ2v) is 9.15. The van der Waals surface area contributed by atoms with Crippen molar-refractivity contribution in [1.82, 2.24) is 9.80 Å². The fraction of sp³-hybridized carbons (Fsp3) is 0.480. The van der Waals surface area contributed by atoms with Gasteiger partial charge >= 0.3 is 0 Å². The van der Waals surface area contributed by atoms with Crippen LogP contribution >= 0.6 is 0 Å². The third-order valence-corrected chi connectivity index (χ3v) is 7.61. The molecule has 2 fully saturated rings. The van der Waals surface area contributed by atoms with E-state index in [9.17, 15) is 4.79 Å². The van der Waals surface area contributed by atoms with Crippen molar-refractivity contribution >= 4 is 5.91 Å². The molecule has 0 N–H and O–H groups in total. The summed E-state index contributed by atoms with van der Waals surface area (Å²) in [5.41, 5.74) is 3.50. The quantitative estimate of drug-likeness (QED) is 0.724. The Morgan fingerprint density at radius 1 is 1.03 bits per heavy atom. The normalized spacial score (nSPS) is 28.2. The summed E-state index contributed by atoms with van der Waals surface area (Å²) >= 11 is 0. The topological polar surface area (TPSA) is 32.8 Å². The highest BCUT2D eigenvalue weighted by Gasteiger charge is 2.68. The van der Waals surface area contributed by atoms with Gasteiger partial charge in [-0.25, -0.2) is 4.90 Å². The molecule has 152 valence electrons. The number of benzene rings is 2. The molecule has 4 heteroatoms. The van der Waals surface area contributed by atoms with Crippen molar-refractivity contribution < 1.29 is 9.53 Å². The third-order valence-electron chi connectivity index (χ3n) is 7.61. The molecule has 2 aliphatic heterocycles. The fourth-order valence-electron chi connectivity index (χ4n) is 6.17. The first-order valence-corrected chi connectivity index (χ1v) is 10.8. The molecule has 0 aromatic heterocycles. The van der Waals surface area contributed by atoms with E-state index in [1.54, 1.807) is 0 Å². The van der Waals surface area contributed by atoms with E-state index < -0.39 is 5.72 Å². The van der Waals surface area contributed by atoms with Crippen LogP contribution in [-0.2, 0) is 11.2 Å². The van der Waals surface area contributed by atoms with Gasteiger partial charge in [-0.2, -0.15) is 0 Å². The van der Waals surface area contributed by atoms with Gasteiger partial charge in [0.25, 0.3) is 11.6 Å². The molecule has 4 nitrogen and oxygen atoms in total. The Balaban J connectivity index is 1.73. The summed E-state index contributed by atoms with van der Waals surface area (Å²) in [7, 11) is 4.08. The first kappa shape index (κ1) is 18.7. The standard InChI is InChI=1S/C25H30N2O2/c1-17-14-18(2)22-20(15-17)16-21(19-10-6-5-7-11-19)25(29-22)23(28)26(3)24(27(25)4)12-8-9-13-24/h5-7,10-11,14-15,21H,8-9,12-13,16H2,1-4H3/t21-,25-/m1/s1. The van der Waals surface area contributed by atoms with Crippen LogP contribution in [0.3, 0.4) is 0 Å². The first-order valence-electron chi connectivity index (χ1n) is 10.8. The van der Waals surface area contributed by atoms with Gasteiger partial charge in [-0.05, 0) is 69.7 Å². The number of hydrogen-bond donors (Lipinski definition) is 0. The summed E-state index contributed by atoms with van der Waals surface area (Å²) < 4.78 is 6.85. The summed E-state index contributed by atoms with van der Waals surface area (Å²) in [5, 5.41) is 0. The number of rotatable bonds is 1. The molecule has 3 aliphatic rings. The summed E-state index contributed by atoms with van der Waals surface area (Å²) in [5.74, 6) is 0.949. The SMILES string of the molecule is Cc1cc(C)c2c(c1)C[C@H](c1ccccc1)[C@@]1(O2)C(=O)N(C)C2(CCCC2)N1C. The number of likely N-dealkylation sites (N-methyl/N-ethyl adjacent to an activating group) is 2. The van der Waals surface area contributed by atoms with Crippen molar-refractivity contribution in [1.29, 1.82) is 0 Å². The smallest absolute Gasteiger partial charge is 0.284 e. The molecule has 29 heavy (non-hydrogen) atoms. The lowest BCUT2D eigenvalue weighted by Crippen LogP contribution is -2.61. The predicted octanol–water partition coefficient (Wildman–Crippen LogP) is 4.39. The fourth-order valence-corrected chi connectivity index (χ4v) is 6.17. The molecular formula is C25H30N2O2. The molecule has 1 saturated heterocycles. The minimum absolute atomic E-state index is 0.0441. The number of aryl methyl sites for hydroxylation is 2. The molecule has 2 atom stereocenters. The molecule has 2 aromatic carbocycles. The molecule has 2 heterocycles. The number of amides is 1. The van der Waals surface area contributed by atoms with Crippen LogP contribution in [0, 0.1) is 13.8 Å². The average Bonchev–Trinajstić information content (AvgIpc) is 3.27. The van der Waals surface area contributed by atoms with E-state index in [1.165, 1.54) is 16.7 Å². The Kier molecular flexibility index (Phi) is 4.08. The zero-order chi connectivity index (χ0) is 20.4. The lowest BCUT2D eigenvalue weighted by atomic mass is 9.79. The number of carbonyl (C=O) groups excluding carboxylic acids is 1. The Hall–Kier alpha value is -2.33. The second-order valence-electron chi connectivity index (χ2n) is 9.15. The van der Waals surface area contributed by atoms with E-state index in [4.69, 9.17) is 4.74 Å². The molecule has 2 spiro atoms. The van der Waals surface area contributed by atoms with Crippen LogP contribution < -0.4 is 4.74 Å². The lowest BCUT2D eigenvalue weighted by Gasteiger charge is -2.47. The molecule has 0 bridgehead atoms. The molecule has 1 saturated carbocycles. The monoisotopic (exact) mass is 390 g/mol. The van der Waals surface area contributed by atoms with E-state index in [-0.39, 0.29) is 17.5 Å². The Morgan fingerprint density at radius 3 is 2.41 bits per heavy atom. The summed E-state index contributed by atoms with van der Waals surface area (Å²) in [6.07, 6.45) is 5.14. The van der Waals surface area contributed by atoms with Gasteiger partial charge in [0.1, 0.15) is 5.75 Å². The van der Waals surface area contributed by atoms with Crippen LogP contribution in [0.15, 0.2) is 42.5 Å². The summed E-state index contributed by atoms with van der Waals surface area (Å²) in [6.45, 7) is 4.22. The van der Waals surface area contributed by atoms with Gasteiger partial charge in [0, 0.05) is 7.05 Å². The third kappa shape index (κ3) is 2.38. The number of fused-ring (bicyclic) bond motifs is 1. The highest BCUT2D eigenvalue weighted by molar-refractivity contribution is 5.90. The van der Waals surface area contributed by atoms with Crippen LogP contribution in [-0.4, -0.2) is 41.2 Å². The molecule has 0 radical (unpaired) electrons. The number of carbonyl (C=O) groups is 1. The highest BCUT2D eigenvalue weighted by atomic mass is 16.5. The van der Waals surface area contributed by atoms with Gasteiger partial charge in [-0.3, -0.25) is 4.79 Å². The van der Waals surface area contributed by atoms with Crippen molar-refractivity contribution in [3.63, 3.8) is 0 Å². The maximum Gasteiger partial charge on any atom is 0.284 e. The Bertz CT molecular complexity index is 964. The van der Waals surface area contributed by atoms with Gasteiger partial charge in [0.2, 0.25) is 0 Å². The number of ether oxygens (including phenoxy) is 1. The van der Waals surface area contributed by atoms with E-state index in [0.29, 0.717) is 0 Å². The van der Waals surface area contributed by atoms with Crippen LogP contribution in [0.2, 0.25) is 0 Å². The summed E-state index contributed by atoms with van der Waals surface area (Å²) in [6, 6.07) is 14.8. The van der Waals surface area contributed by atoms with Crippen LogP contribution in [0.1, 0.15) is 53.9 Å². The zero-order valence-electron chi connectivity index (χ0n) is 17.9. The van der Waals surface area contributed by atoms with Crippen molar-refractivity contribution in [2.24, 2.45) is 0 Å². The minimum atomic E-state index is -0.993. The zero-order valence-corrected chi connectivity index (χ0v) is 17.9. The van der Waals surface area contributed by atoms with Gasteiger partial charge in [-0.15, -0.1) is 0 Å². The first-order chi connectivity index (χ1) is 13.9. The molecule has 0 unspecified atom stereocenters. The molecule has 1 amide bonds. The van der Waals surface area contributed by atoms with E-state index in [1.807, 2.05) is 18.0 Å². The van der Waals surface area contributed by atoms with E-state index >= 15 is 0 Å². The van der Waals surface area contributed by atoms with Gasteiger partial charge in [0.15, 0.2) is 0 Å². The Labute approximate surface area is 173 Å². The molecule has 2 aromatic rings. The highest BCUT2D eigenvalue weighted by Crippen LogP contribution is 2.55. The van der Waals surface area contributed by atoms with Crippen LogP contribution in [0.5, 0.6) is 5.75 Å². The molecule has 1 aliphatic carbocycles. The van der Waals surface area contributed by atoms with Crippen molar-refractivity contribution in [2.75, 3.05) is 14.1 Å². The van der Waals surface area contributed by atoms with Crippen LogP contribution in [0.4, 0.5) is 0 Å². The van der Waals surface area contributed by atoms with E-state index in [2.05, 4.69) is 62.2 Å². The van der Waals surface area contributed by atoms with Crippen molar-refractivity contribution in [2.45, 2.75) is 63.3 Å². The molecular weight excluding hydrogens is 360 g/mol. The van der Waals surface area contributed by atoms with Gasteiger partial charge < -0.3 is 9.64 Å². The van der Waals surface area contributed by atoms with Gasteiger partial charge in [0.05, 0.1) is 11.6 Å². The van der Waals surface area contributed by atoms with Crippen molar-refractivity contribution in [3.05, 3.63) is 64.7 Å². The summed E-state index contributed by atoms with van der Waals surface area (Å²) in [4.78, 5) is 18.3. The Morgan fingerprint density at radius 2 is 1.72 bits per heavy atom. The van der Waals surface area contributed by atoms with Crippen LogP contribution in [0.25, 0.3) is 0 Å². The maximum atomic E-state index is 14.0. The lowest BCUT2D eigenvalue weighted by molar-refractivity contribution is -0.153. The number of nitrogens with zero attached hydrogens (tertiary/aromatic N) is 2. The van der Waals surface area contributed by atoms with Gasteiger partial charge in [-0.1, -0.05) is 48.0 Å². The predicted molar refractivity (Wildman–Crippen MR) is 114 cm³/mol. The largest absolute Gasteiger partial charge is 0.462 e. The molecule has 5 rings (SSSR count).